The van der Waals surface area contributed by atoms with Crippen LogP contribution in [0.3, 0.4) is 0 Å². The van der Waals surface area contributed by atoms with E-state index in [1.54, 1.807) is 21.1 Å². The molecule has 0 radical (unpaired) electrons. The molecule has 0 aliphatic carbocycles. The van der Waals surface area contributed by atoms with Crippen LogP contribution < -0.4 is 4.90 Å². The van der Waals surface area contributed by atoms with Crippen LogP contribution in [0.4, 0.5) is 5.13 Å². The Bertz CT molecular complexity index is 437. The van der Waals surface area contributed by atoms with E-state index in [9.17, 15) is 4.79 Å². The average Bonchev–Trinajstić information content (AvgIpc) is 2.85. The molecule has 120 valence electrons. The van der Waals surface area contributed by atoms with Gasteiger partial charge in [0.05, 0.1) is 13.2 Å². The van der Waals surface area contributed by atoms with Gasteiger partial charge in [-0.2, -0.15) is 0 Å². The SMILES string of the molecule is CCOC(=O)c1nc(N(CCCOC)CCOC)sc1C. The molecule has 0 atom stereocenters. The predicted octanol–water partition coefficient (Wildman–Crippen LogP) is 2.12. The lowest BCUT2D eigenvalue weighted by Crippen LogP contribution is -2.29. The highest BCUT2D eigenvalue weighted by Gasteiger charge is 2.19. The van der Waals surface area contributed by atoms with Crippen LogP contribution in [0.5, 0.6) is 0 Å². The van der Waals surface area contributed by atoms with E-state index < -0.39 is 0 Å². The van der Waals surface area contributed by atoms with Crippen molar-refractivity contribution in [3.05, 3.63) is 10.6 Å². The monoisotopic (exact) mass is 316 g/mol. The molecule has 1 rings (SSSR count). The second-order valence-electron chi connectivity index (χ2n) is 4.45. The zero-order valence-electron chi connectivity index (χ0n) is 13.2. The Labute approximate surface area is 130 Å². The zero-order chi connectivity index (χ0) is 15.7. The number of aryl methyl sites for hydroxylation is 1. The molecule has 0 aliphatic rings. The Morgan fingerprint density at radius 1 is 1.24 bits per heavy atom. The van der Waals surface area contributed by atoms with Crippen molar-refractivity contribution >= 4 is 22.4 Å². The summed E-state index contributed by atoms with van der Waals surface area (Å²) in [6.45, 7) is 6.88. The summed E-state index contributed by atoms with van der Waals surface area (Å²) in [5.41, 5.74) is 0.408. The molecule has 0 unspecified atom stereocenters. The summed E-state index contributed by atoms with van der Waals surface area (Å²) in [4.78, 5) is 19.3. The maximum atomic E-state index is 11.8. The fourth-order valence-corrected chi connectivity index (χ4v) is 2.76. The van der Waals surface area contributed by atoms with E-state index in [4.69, 9.17) is 14.2 Å². The van der Waals surface area contributed by atoms with E-state index in [2.05, 4.69) is 9.88 Å². The Kier molecular flexibility index (Phi) is 8.26. The van der Waals surface area contributed by atoms with Gasteiger partial charge in [-0.1, -0.05) is 0 Å². The van der Waals surface area contributed by atoms with Crippen molar-refractivity contribution in [3.63, 3.8) is 0 Å². The van der Waals surface area contributed by atoms with Crippen molar-refractivity contribution in [2.24, 2.45) is 0 Å². The molecule has 0 saturated carbocycles. The van der Waals surface area contributed by atoms with Crippen LogP contribution in [-0.2, 0) is 14.2 Å². The average molecular weight is 316 g/mol. The molecular formula is C14H24N2O4S. The molecule has 0 aliphatic heterocycles. The minimum Gasteiger partial charge on any atom is -0.461 e. The van der Waals surface area contributed by atoms with Crippen molar-refractivity contribution in [2.75, 3.05) is 52.0 Å². The molecule has 0 saturated heterocycles. The number of nitrogens with zero attached hydrogens (tertiary/aromatic N) is 2. The number of rotatable bonds is 10. The number of aromatic nitrogens is 1. The largest absolute Gasteiger partial charge is 0.461 e. The van der Waals surface area contributed by atoms with Gasteiger partial charge < -0.3 is 19.1 Å². The van der Waals surface area contributed by atoms with Crippen molar-refractivity contribution in [3.8, 4) is 0 Å². The van der Waals surface area contributed by atoms with Crippen molar-refractivity contribution in [1.82, 2.24) is 4.98 Å². The van der Waals surface area contributed by atoms with Gasteiger partial charge in [0.25, 0.3) is 0 Å². The second-order valence-corrected chi connectivity index (χ2v) is 5.63. The number of hydrogen-bond acceptors (Lipinski definition) is 7. The molecule has 6 nitrogen and oxygen atoms in total. The fourth-order valence-electron chi connectivity index (χ4n) is 1.81. The first kappa shape index (κ1) is 17.9. The van der Waals surface area contributed by atoms with E-state index >= 15 is 0 Å². The number of esters is 1. The van der Waals surface area contributed by atoms with Crippen LogP contribution in [0.15, 0.2) is 0 Å². The minimum atomic E-state index is -0.360. The normalized spacial score (nSPS) is 10.7. The molecule has 0 bridgehead atoms. The first-order valence-corrected chi connectivity index (χ1v) is 7.83. The summed E-state index contributed by atoms with van der Waals surface area (Å²) in [5.74, 6) is -0.360. The molecule has 1 heterocycles. The standard InChI is InChI=1S/C14H24N2O4S/c1-5-20-13(17)12-11(2)21-14(15-12)16(8-10-19-4)7-6-9-18-3/h5-10H2,1-4H3. The van der Waals surface area contributed by atoms with E-state index in [-0.39, 0.29) is 5.97 Å². The minimum absolute atomic E-state index is 0.354. The second kappa shape index (κ2) is 9.70. The Morgan fingerprint density at radius 2 is 1.95 bits per heavy atom. The van der Waals surface area contributed by atoms with Gasteiger partial charge in [0.15, 0.2) is 10.8 Å². The van der Waals surface area contributed by atoms with Crippen LogP contribution in [-0.4, -0.2) is 58.1 Å². The smallest absolute Gasteiger partial charge is 0.358 e. The number of ether oxygens (including phenoxy) is 3. The summed E-state index contributed by atoms with van der Waals surface area (Å²) in [5, 5.41) is 0.823. The molecule has 0 aromatic carbocycles. The van der Waals surface area contributed by atoms with E-state index in [1.165, 1.54) is 11.3 Å². The lowest BCUT2D eigenvalue weighted by atomic mass is 10.4. The number of thiazole rings is 1. The van der Waals surface area contributed by atoms with Gasteiger partial charge in [-0.3, -0.25) is 0 Å². The van der Waals surface area contributed by atoms with Crippen molar-refractivity contribution in [1.29, 1.82) is 0 Å². The first-order chi connectivity index (χ1) is 10.1. The zero-order valence-corrected chi connectivity index (χ0v) is 14.0. The Morgan fingerprint density at radius 3 is 2.57 bits per heavy atom. The lowest BCUT2D eigenvalue weighted by molar-refractivity contribution is 0.0519. The lowest BCUT2D eigenvalue weighted by Gasteiger charge is -2.21. The van der Waals surface area contributed by atoms with E-state index in [0.29, 0.717) is 25.5 Å². The Hall–Kier alpha value is -1.18. The number of hydrogen-bond donors (Lipinski definition) is 0. The summed E-state index contributed by atoms with van der Waals surface area (Å²) < 4.78 is 15.2. The van der Waals surface area contributed by atoms with Gasteiger partial charge in [-0.25, -0.2) is 9.78 Å². The van der Waals surface area contributed by atoms with Gasteiger partial charge in [0.1, 0.15) is 0 Å². The summed E-state index contributed by atoms with van der Waals surface area (Å²) in [7, 11) is 3.36. The maximum Gasteiger partial charge on any atom is 0.358 e. The molecule has 1 aromatic rings. The van der Waals surface area contributed by atoms with Crippen LogP contribution in [0.25, 0.3) is 0 Å². The molecule has 0 amide bonds. The summed E-state index contributed by atoms with van der Waals surface area (Å²) >= 11 is 1.50. The molecule has 7 heteroatoms. The van der Waals surface area contributed by atoms with Crippen molar-refractivity contribution in [2.45, 2.75) is 20.3 Å². The third-order valence-corrected chi connectivity index (χ3v) is 3.90. The quantitative estimate of drug-likeness (QED) is 0.487. The fraction of sp³-hybridized carbons (Fsp3) is 0.714. The van der Waals surface area contributed by atoms with Crippen molar-refractivity contribution < 1.29 is 19.0 Å². The van der Waals surface area contributed by atoms with Crippen LogP contribution in [0.2, 0.25) is 0 Å². The van der Waals surface area contributed by atoms with Gasteiger partial charge in [-0.05, 0) is 20.3 Å². The molecule has 1 aromatic heterocycles. The number of methoxy groups -OCH3 is 2. The molecule has 0 fully saturated rings. The highest BCUT2D eigenvalue weighted by molar-refractivity contribution is 7.15. The number of anilines is 1. The highest BCUT2D eigenvalue weighted by atomic mass is 32.1. The van der Waals surface area contributed by atoms with E-state index in [0.717, 1.165) is 29.5 Å². The Balaban J connectivity index is 2.81. The van der Waals surface area contributed by atoms with Crippen LogP contribution in [0, 0.1) is 6.92 Å². The van der Waals surface area contributed by atoms with Crippen LogP contribution in [0.1, 0.15) is 28.7 Å². The molecule has 0 N–H and O–H groups in total. The number of carbonyl (C=O) groups is 1. The molecule has 0 spiro atoms. The third-order valence-electron chi connectivity index (χ3n) is 2.87. The first-order valence-electron chi connectivity index (χ1n) is 7.01. The van der Waals surface area contributed by atoms with Gasteiger partial charge in [-0.15, -0.1) is 11.3 Å². The number of carbonyl (C=O) groups excluding carboxylic acids is 1. The van der Waals surface area contributed by atoms with Crippen LogP contribution >= 0.6 is 11.3 Å². The predicted molar refractivity (Wildman–Crippen MR) is 83.4 cm³/mol. The topological polar surface area (TPSA) is 60.9 Å². The molecule has 21 heavy (non-hydrogen) atoms. The van der Waals surface area contributed by atoms with E-state index in [1.807, 2.05) is 6.92 Å². The summed E-state index contributed by atoms with van der Waals surface area (Å²) in [6, 6.07) is 0. The van der Waals surface area contributed by atoms with Gasteiger partial charge >= 0.3 is 5.97 Å². The maximum absolute atomic E-state index is 11.8. The molecular weight excluding hydrogens is 292 g/mol. The summed E-state index contributed by atoms with van der Waals surface area (Å²) in [6.07, 6.45) is 0.896. The highest BCUT2D eigenvalue weighted by Crippen LogP contribution is 2.26. The third kappa shape index (κ3) is 5.61. The van der Waals surface area contributed by atoms with Gasteiger partial charge in [0.2, 0.25) is 0 Å². The van der Waals surface area contributed by atoms with Gasteiger partial charge in [0, 0.05) is 38.8 Å².